The molecule has 1 aliphatic rings. The minimum atomic E-state index is -0.787. The largest absolute Gasteiger partial charge is 0.481 e. The van der Waals surface area contributed by atoms with Gasteiger partial charge in [0.2, 0.25) is 5.88 Å². The van der Waals surface area contributed by atoms with Crippen LogP contribution in [0.1, 0.15) is 37.7 Å². The summed E-state index contributed by atoms with van der Waals surface area (Å²) in [6.45, 7) is 6.54. The number of aromatic nitrogens is 1. The summed E-state index contributed by atoms with van der Waals surface area (Å²) in [6.07, 6.45) is 0.467. The van der Waals surface area contributed by atoms with Crippen molar-refractivity contribution in [2.75, 3.05) is 13.1 Å². The van der Waals surface area contributed by atoms with E-state index in [0.29, 0.717) is 31.1 Å². The van der Waals surface area contributed by atoms with Gasteiger partial charge in [-0.25, -0.2) is 4.98 Å². The van der Waals surface area contributed by atoms with E-state index < -0.39 is 5.97 Å². The molecular formula is C16H22N2O4. The van der Waals surface area contributed by atoms with Crippen LogP contribution < -0.4 is 4.74 Å². The highest BCUT2D eigenvalue weighted by Crippen LogP contribution is 2.24. The Morgan fingerprint density at radius 2 is 2.14 bits per heavy atom. The first-order valence-electron chi connectivity index (χ1n) is 7.54. The highest BCUT2D eigenvalue weighted by molar-refractivity contribution is 5.92. The van der Waals surface area contributed by atoms with Gasteiger partial charge in [-0.2, -0.15) is 0 Å². The normalized spacial score (nSPS) is 21.7. The molecular weight excluding hydrogens is 284 g/mol. The van der Waals surface area contributed by atoms with Crippen molar-refractivity contribution in [3.63, 3.8) is 0 Å². The molecule has 2 unspecified atom stereocenters. The molecule has 1 amide bonds. The number of carbonyl (C=O) groups excluding carboxylic acids is 1. The quantitative estimate of drug-likeness (QED) is 0.921. The first kappa shape index (κ1) is 16.3. The van der Waals surface area contributed by atoms with Crippen LogP contribution in [0.4, 0.5) is 0 Å². The van der Waals surface area contributed by atoms with E-state index in [2.05, 4.69) is 4.98 Å². The monoisotopic (exact) mass is 306 g/mol. The smallest absolute Gasteiger partial charge is 0.306 e. The molecule has 2 rings (SSSR count). The molecule has 0 spiro atoms. The third-order valence-electron chi connectivity index (χ3n) is 3.81. The fraction of sp³-hybridized carbons (Fsp3) is 0.562. The van der Waals surface area contributed by atoms with Gasteiger partial charge in [0.05, 0.1) is 12.0 Å². The molecule has 0 saturated carbocycles. The zero-order valence-electron chi connectivity index (χ0n) is 13.2. The standard InChI is InChI=1S/C16H22N2O4/c1-10(2)22-14-6-4-5-13(17-14)15(19)18-8-7-12(16(20)21)11(3)9-18/h4-6,10-12H,7-9H2,1-3H3,(H,20,21). The number of hydrogen-bond donors (Lipinski definition) is 1. The van der Waals surface area contributed by atoms with Crippen molar-refractivity contribution in [1.29, 1.82) is 0 Å². The number of carbonyl (C=O) groups is 2. The molecule has 1 aliphatic heterocycles. The molecule has 1 fully saturated rings. The molecule has 1 N–H and O–H groups in total. The number of likely N-dealkylation sites (tertiary alicyclic amines) is 1. The van der Waals surface area contributed by atoms with E-state index in [1.807, 2.05) is 20.8 Å². The molecule has 2 heterocycles. The van der Waals surface area contributed by atoms with Crippen LogP contribution in [0.3, 0.4) is 0 Å². The number of hydrogen-bond acceptors (Lipinski definition) is 4. The Hall–Kier alpha value is -2.11. The molecule has 0 bridgehead atoms. The van der Waals surface area contributed by atoms with Crippen LogP contribution in [0, 0.1) is 11.8 Å². The topological polar surface area (TPSA) is 79.7 Å². The molecule has 0 aromatic carbocycles. The first-order valence-corrected chi connectivity index (χ1v) is 7.54. The zero-order valence-corrected chi connectivity index (χ0v) is 13.2. The summed E-state index contributed by atoms with van der Waals surface area (Å²) in [5, 5.41) is 9.14. The average Bonchev–Trinajstić information content (AvgIpc) is 2.45. The van der Waals surface area contributed by atoms with Gasteiger partial charge >= 0.3 is 5.97 Å². The molecule has 0 radical (unpaired) electrons. The minimum Gasteiger partial charge on any atom is -0.481 e. The molecule has 22 heavy (non-hydrogen) atoms. The van der Waals surface area contributed by atoms with Crippen LogP contribution in [0.15, 0.2) is 18.2 Å². The third kappa shape index (κ3) is 3.75. The third-order valence-corrected chi connectivity index (χ3v) is 3.81. The number of piperidine rings is 1. The maximum atomic E-state index is 12.5. The molecule has 6 nitrogen and oxygen atoms in total. The summed E-state index contributed by atoms with van der Waals surface area (Å²) in [5.74, 6) is -0.984. The van der Waals surface area contributed by atoms with E-state index in [1.54, 1.807) is 23.1 Å². The number of amides is 1. The minimum absolute atomic E-state index is 0.0100. The summed E-state index contributed by atoms with van der Waals surface area (Å²) in [4.78, 5) is 29.6. The zero-order chi connectivity index (χ0) is 16.3. The number of carboxylic acids is 1. The number of aliphatic carboxylic acids is 1. The molecule has 1 aromatic rings. The van der Waals surface area contributed by atoms with E-state index >= 15 is 0 Å². The van der Waals surface area contributed by atoms with E-state index in [-0.39, 0.29) is 23.8 Å². The van der Waals surface area contributed by atoms with Gasteiger partial charge in [0.15, 0.2) is 0 Å². The van der Waals surface area contributed by atoms with Crippen molar-refractivity contribution in [3.05, 3.63) is 23.9 Å². The van der Waals surface area contributed by atoms with Gasteiger partial charge in [0, 0.05) is 19.2 Å². The van der Waals surface area contributed by atoms with Crippen LogP contribution >= 0.6 is 0 Å². The van der Waals surface area contributed by atoms with Crippen LogP contribution in [-0.2, 0) is 4.79 Å². The fourth-order valence-corrected chi connectivity index (χ4v) is 2.70. The number of rotatable bonds is 4. The summed E-state index contributed by atoms with van der Waals surface area (Å²) in [7, 11) is 0. The van der Waals surface area contributed by atoms with Crippen molar-refractivity contribution in [2.24, 2.45) is 11.8 Å². The van der Waals surface area contributed by atoms with Gasteiger partial charge in [-0.15, -0.1) is 0 Å². The van der Waals surface area contributed by atoms with E-state index in [9.17, 15) is 9.59 Å². The summed E-state index contributed by atoms with van der Waals surface area (Å²) in [5.41, 5.74) is 0.333. The Morgan fingerprint density at radius 3 is 2.73 bits per heavy atom. The SMILES string of the molecule is CC(C)Oc1cccc(C(=O)N2CCC(C(=O)O)C(C)C2)n1. The Morgan fingerprint density at radius 1 is 1.41 bits per heavy atom. The van der Waals surface area contributed by atoms with Gasteiger partial charge in [0.25, 0.3) is 5.91 Å². The Bertz CT molecular complexity index is 559. The molecule has 0 aliphatic carbocycles. The maximum Gasteiger partial charge on any atom is 0.306 e. The first-order chi connectivity index (χ1) is 10.4. The van der Waals surface area contributed by atoms with Crippen LogP contribution in [0.2, 0.25) is 0 Å². The van der Waals surface area contributed by atoms with Crippen LogP contribution in [0.5, 0.6) is 5.88 Å². The second kappa shape index (κ2) is 6.77. The van der Waals surface area contributed by atoms with Crippen LogP contribution in [-0.4, -0.2) is 46.1 Å². The van der Waals surface area contributed by atoms with Crippen molar-refractivity contribution >= 4 is 11.9 Å². The van der Waals surface area contributed by atoms with E-state index in [0.717, 1.165) is 0 Å². The lowest BCUT2D eigenvalue weighted by atomic mass is 9.87. The van der Waals surface area contributed by atoms with E-state index in [1.165, 1.54) is 0 Å². The summed E-state index contributed by atoms with van der Waals surface area (Å²) in [6, 6.07) is 5.12. The Labute approximate surface area is 130 Å². The highest BCUT2D eigenvalue weighted by Gasteiger charge is 2.33. The van der Waals surface area contributed by atoms with Gasteiger partial charge in [-0.3, -0.25) is 9.59 Å². The molecule has 1 saturated heterocycles. The predicted molar refractivity (Wildman–Crippen MR) is 80.8 cm³/mol. The number of carboxylic acid groups (broad SMARTS) is 1. The Kier molecular flexibility index (Phi) is 5.00. The lowest BCUT2D eigenvalue weighted by molar-refractivity contribution is -0.145. The van der Waals surface area contributed by atoms with E-state index in [4.69, 9.17) is 9.84 Å². The highest BCUT2D eigenvalue weighted by atomic mass is 16.5. The second-order valence-electron chi connectivity index (χ2n) is 5.99. The maximum absolute atomic E-state index is 12.5. The predicted octanol–water partition coefficient (Wildman–Crippen LogP) is 2.05. The average molecular weight is 306 g/mol. The fourth-order valence-electron chi connectivity index (χ4n) is 2.70. The van der Waals surface area contributed by atoms with Gasteiger partial charge < -0.3 is 14.7 Å². The second-order valence-corrected chi connectivity index (χ2v) is 5.99. The van der Waals surface area contributed by atoms with Gasteiger partial charge in [0.1, 0.15) is 5.69 Å². The molecule has 120 valence electrons. The number of pyridine rings is 1. The summed E-state index contributed by atoms with van der Waals surface area (Å²) >= 11 is 0. The van der Waals surface area contributed by atoms with Crippen molar-refractivity contribution in [2.45, 2.75) is 33.3 Å². The molecule has 6 heteroatoms. The Balaban J connectivity index is 2.07. The van der Waals surface area contributed by atoms with Gasteiger partial charge in [-0.05, 0) is 32.3 Å². The van der Waals surface area contributed by atoms with Crippen molar-refractivity contribution in [1.82, 2.24) is 9.88 Å². The molecule has 2 atom stereocenters. The number of ether oxygens (including phenoxy) is 1. The lowest BCUT2D eigenvalue weighted by Crippen LogP contribution is -2.45. The summed E-state index contributed by atoms with van der Waals surface area (Å²) < 4.78 is 5.50. The molecule has 1 aromatic heterocycles. The lowest BCUT2D eigenvalue weighted by Gasteiger charge is -2.34. The number of nitrogens with zero attached hydrogens (tertiary/aromatic N) is 2. The van der Waals surface area contributed by atoms with Crippen molar-refractivity contribution < 1.29 is 19.4 Å². The van der Waals surface area contributed by atoms with Crippen molar-refractivity contribution in [3.8, 4) is 5.88 Å². The van der Waals surface area contributed by atoms with Crippen LogP contribution in [0.25, 0.3) is 0 Å². The van der Waals surface area contributed by atoms with Gasteiger partial charge in [-0.1, -0.05) is 13.0 Å².